The van der Waals surface area contributed by atoms with Crippen LogP contribution in [0.2, 0.25) is 0 Å². The minimum atomic E-state index is -0.159. The average molecular weight is 273 g/mol. The first-order valence-electron chi connectivity index (χ1n) is 6.42. The van der Waals surface area contributed by atoms with Gasteiger partial charge in [0.25, 0.3) is 5.91 Å². The molecule has 0 spiro atoms. The lowest BCUT2D eigenvalue weighted by Gasteiger charge is -2.35. The number of ether oxygens (including phenoxy) is 1. The van der Waals surface area contributed by atoms with Gasteiger partial charge in [-0.3, -0.25) is 9.89 Å². The van der Waals surface area contributed by atoms with Crippen molar-refractivity contribution in [2.24, 2.45) is 0 Å². The van der Waals surface area contributed by atoms with Crippen molar-refractivity contribution in [3.63, 3.8) is 0 Å². The summed E-state index contributed by atoms with van der Waals surface area (Å²) in [7, 11) is 0. The predicted molar refractivity (Wildman–Crippen MR) is 70.0 cm³/mol. The molecule has 7 heteroatoms. The molecule has 2 aromatic rings. The summed E-state index contributed by atoms with van der Waals surface area (Å²) in [5.41, 5.74) is 2.32. The van der Waals surface area contributed by atoms with Crippen LogP contribution in [0.4, 0.5) is 0 Å². The van der Waals surface area contributed by atoms with Gasteiger partial charge in [-0.1, -0.05) is 0 Å². The number of rotatable bonds is 2. The van der Waals surface area contributed by atoms with Crippen LogP contribution in [0.1, 0.15) is 27.8 Å². The van der Waals surface area contributed by atoms with Gasteiger partial charge in [-0.15, -0.1) is 0 Å². The number of aromatic amines is 1. The number of hydrogen-bond donors (Lipinski definition) is 1. The van der Waals surface area contributed by atoms with E-state index < -0.39 is 0 Å². The van der Waals surface area contributed by atoms with Crippen LogP contribution in [0.3, 0.4) is 0 Å². The minimum absolute atomic E-state index is 0.116. The van der Waals surface area contributed by atoms with Gasteiger partial charge in [0.05, 0.1) is 31.1 Å². The zero-order chi connectivity index (χ0) is 13.9. The lowest BCUT2D eigenvalue weighted by atomic mass is 10.1. The lowest BCUT2D eigenvalue weighted by molar-refractivity contribution is -0.00439. The van der Waals surface area contributed by atoms with E-state index in [1.54, 1.807) is 23.4 Å². The van der Waals surface area contributed by atoms with Crippen molar-refractivity contribution >= 4 is 5.91 Å². The van der Waals surface area contributed by atoms with Gasteiger partial charge in [0.2, 0.25) is 0 Å². The highest BCUT2D eigenvalue weighted by molar-refractivity contribution is 5.92. The third-order valence-electron chi connectivity index (χ3n) is 3.39. The van der Waals surface area contributed by atoms with E-state index in [2.05, 4.69) is 20.2 Å². The monoisotopic (exact) mass is 273 g/mol. The smallest absolute Gasteiger partial charge is 0.273 e. The van der Waals surface area contributed by atoms with E-state index >= 15 is 0 Å². The van der Waals surface area contributed by atoms with Crippen LogP contribution in [0, 0.1) is 6.92 Å². The lowest BCUT2D eigenvalue weighted by Crippen LogP contribution is -2.44. The predicted octanol–water partition coefficient (Wildman–Crippen LogP) is 0.722. The van der Waals surface area contributed by atoms with Crippen LogP contribution in [-0.2, 0) is 4.74 Å². The van der Waals surface area contributed by atoms with Crippen LogP contribution in [0.15, 0.2) is 24.8 Å². The van der Waals surface area contributed by atoms with Crippen LogP contribution < -0.4 is 0 Å². The number of hydrogen-bond acceptors (Lipinski definition) is 5. The Hall–Kier alpha value is -2.28. The zero-order valence-electron chi connectivity index (χ0n) is 11.1. The van der Waals surface area contributed by atoms with Gasteiger partial charge < -0.3 is 9.64 Å². The number of morpholine rings is 1. The maximum atomic E-state index is 12.6. The minimum Gasteiger partial charge on any atom is -0.377 e. The van der Waals surface area contributed by atoms with E-state index in [1.165, 1.54) is 6.33 Å². The molecule has 1 saturated heterocycles. The molecule has 7 nitrogen and oxygen atoms in total. The van der Waals surface area contributed by atoms with Crippen molar-refractivity contribution in [3.8, 4) is 0 Å². The van der Waals surface area contributed by atoms with E-state index in [0.717, 1.165) is 11.3 Å². The average Bonchev–Trinajstić information content (AvgIpc) is 2.93. The molecule has 0 aliphatic carbocycles. The second kappa shape index (κ2) is 5.38. The number of carbonyl (C=O) groups excluding carboxylic acids is 1. The van der Waals surface area contributed by atoms with Gasteiger partial charge in [0, 0.05) is 12.7 Å². The molecular weight excluding hydrogens is 258 g/mol. The Morgan fingerprint density at radius 3 is 3.15 bits per heavy atom. The van der Waals surface area contributed by atoms with Crippen LogP contribution in [0.5, 0.6) is 0 Å². The molecule has 0 aromatic carbocycles. The molecule has 1 amide bonds. The molecule has 1 aliphatic rings. The summed E-state index contributed by atoms with van der Waals surface area (Å²) < 4.78 is 5.50. The number of nitrogens with zero attached hydrogens (tertiary/aromatic N) is 4. The summed E-state index contributed by atoms with van der Waals surface area (Å²) in [5.74, 6) is -0.116. The number of H-pyrrole nitrogens is 1. The summed E-state index contributed by atoms with van der Waals surface area (Å²) in [6.07, 6.45) is 4.69. The topological polar surface area (TPSA) is 84.0 Å². The molecule has 104 valence electrons. The molecule has 0 radical (unpaired) electrons. The first kappa shape index (κ1) is 12.7. The number of amides is 1. The zero-order valence-corrected chi connectivity index (χ0v) is 11.1. The number of aromatic nitrogens is 4. The second-order valence-electron chi connectivity index (χ2n) is 4.65. The Morgan fingerprint density at radius 1 is 1.55 bits per heavy atom. The van der Waals surface area contributed by atoms with Crippen molar-refractivity contribution in [1.29, 1.82) is 0 Å². The molecule has 3 rings (SSSR count). The maximum absolute atomic E-state index is 12.6. The largest absolute Gasteiger partial charge is 0.377 e. The molecule has 0 bridgehead atoms. The Bertz CT molecular complexity index is 598. The summed E-state index contributed by atoms with van der Waals surface area (Å²) >= 11 is 0. The Kier molecular flexibility index (Phi) is 3.42. The first-order chi connectivity index (χ1) is 9.77. The highest BCUT2D eigenvalue weighted by Crippen LogP contribution is 2.26. The van der Waals surface area contributed by atoms with Crippen molar-refractivity contribution in [2.75, 3.05) is 19.8 Å². The third kappa shape index (κ3) is 2.27. The number of aryl methyl sites for hydroxylation is 1. The first-order valence-corrected chi connectivity index (χ1v) is 6.42. The van der Waals surface area contributed by atoms with Gasteiger partial charge in [-0.2, -0.15) is 5.10 Å². The Labute approximate surface area is 116 Å². The van der Waals surface area contributed by atoms with Gasteiger partial charge in [-0.05, 0) is 18.6 Å². The fourth-order valence-corrected chi connectivity index (χ4v) is 2.34. The van der Waals surface area contributed by atoms with Crippen molar-refractivity contribution in [2.45, 2.75) is 13.0 Å². The number of carbonyl (C=O) groups is 1. The van der Waals surface area contributed by atoms with Crippen LogP contribution in [-0.4, -0.2) is 50.7 Å². The van der Waals surface area contributed by atoms with Gasteiger partial charge in [0.1, 0.15) is 12.0 Å². The highest BCUT2D eigenvalue weighted by Gasteiger charge is 2.31. The molecule has 1 fully saturated rings. The summed E-state index contributed by atoms with van der Waals surface area (Å²) in [5, 5.41) is 6.97. The van der Waals surface area contributed by atoms with E-state index in [9.17, 15) is 4.79 Å². The summed E-state index contributed by atoms with van der Waals surface area (Å²) in [4.78, 5) is 22.2. The van der Waals surface area contributed by atoms with E-state index in [-0.39, 0.29) is 11.9 Å². The van der Waals surface area contributed by atoms with Gasteiger partial charge in [-0.25, -0.2) is 9.97 Å². The molecule has 0 saturated carbocycles. The molecule has 20 heavy (non-hydrogen) atoms. The van der Waals surface area contributed by atoms with E-state index in [1.807, 2.05) is 6.92 Å². The molecule has 1 aliphatic heterocycles. The molecular formula is C13H15N5O2. The summed E-state index contributed by atoms with van der Waals surface area (Å²) in [6, 6.07) is 1.46. The molecule has 3 heterocycles. The molecule has 1 N–H and O–H groups in total. The Balaban J connectivity index is 1.90. The van der Waals surface area contributed by atoms with Crippen molar-refractivity contribution in [1.82, 2.24) is 25.1 Å². The molecule has 2 aromatic heterocycles. The fraction of sp³-hybridized carbons (Fsp3) is 0.385. The normalized spacial score (nSPS) is 19.1. The highest BCUT2D eigenvalue weighted by atomic mass is 16.5. The molecule has 1 atom stereocenters. The SMILES string of the molecule is Cc1cn[nH]c1[C@H]1COCCN1C(=O)c1ccncn1. The third-order valence-corrected chi connectivity index (χ3v) is 3.39. The van der Waals surface area contributed by atoms with Gasteiger partial charge >= 0.3 is 0 Å². The van der Waals surface area contributed by atoms with Crippen molar-refractivity contribution in [3.05, 3.63) is 41.7 Å². The van der Waals surface area contributed by atoms with E-state index in [0.29, 0.717) is 25.5 Å². The second-order valence-corrected chi connectivity index (χ2v) is 4.65. The Morgan fingerprint density at radius 2 is 2.45 bits per heavy atom. The number of nitrogens with one attached hydrogen (secondary N) is 1. The van der Waals surface area contributed by atoms with Crippen molar-refractivity contribution < 1.29 is 9.53 Å². The maximum Gasteiger partial charge on any atom is 0.273 e. The summed E-state index contributed by atoms with van der Waals surface area (Å²) in [6.45, 7) is 3.48. The fourth-order valence-electron chi connectivity index (χ4n) is 2.34. The van der Waals surface area contributed by atoms with Crippen LogP contribution in [0.25, 0.3) is 0 Å². The van der Waals surface area contributed by atoms with Gasteiger partial charge in [0.15, 0.2) is 0 Å². The van der Waals surface area contributed by atoms with Crippen LogP contribution >= 0.6 is 0 Å². The molecule has 0 unspecified atom stereocenters. The quantitative estimate of drug-likeness (QED) is 0.871. The van der Waals surface area contributed by atoms with E-state index in [4.69, 9.17) is 4.74 Å². The standard InChI is InChI=1S/C13H15N5O2/c1-9-6-16-17-12(9)11-7-20-5-4-18(11)13(19)10-2-3-14-8-15-10/h2-3,6,8,11H,4-5,7H2,1H3,(H,16,17)/t11-/m1/s1.